The molecule has 0 rings (SSSR count). The maximum atomic E-state index is 9.55. The fourth-order valence-corrected chi connectivity index (χ4v) is 0.813. The number of carbonyl (C=O) groups is 2. The summed E-state index contributed by atoms with van der Waals surface area (Å²) >= 11 is 0. The summed E-state index contributed by atoms with van der Waals surface area (Å²) in [6, 6.07) is 0. The van der Waals surface area contributed by atoms with Gasteiger partial charge in [-0.1, -0.05) is 0 Å². The molecule has 0 aromatic rings. The quantitative estimate of drug-likeness (QED) is 0.435. The summed E-state index contributed by atoms with van der Waals surface area (Å²) in [5, 5.41) is 15.6. The molecule has 0 aliphatic carbocycles. The molecular weight excluding hydrogens is 249 g/mol. The van der Waals surface area contributed by atoms with E-state index in [4.69, 9.17) is 10.2 Å². The monoisotopic (exact) mass is 272 g/mol. The van der Waals surface area contributed by atoms with Gasteiger partial charge in [0.25, 0.3) is 0 Å². The zero-order valence-corrected chi connectivity index (χ0v) is 10.4. The molecule has 0 aromatic carbocycles. The second-order valence-corrected chi connectivity index (χ2v) is 3.58. The Kier molecular flexibility index (Phi) is 16.8. The first-order valence-corrected chi connectivity index (χ1v) is 5.28. The van der Waals surface area contributed by atoms with E-state index >= 15 is 0 Å². The summed E-state index contributed by atoms with van der Waals surface area (Å²) in [5.41, 5.74) is 0. The average molecular weight is 272 g/mol. The molecule has 0 atom stereocenters. The number of rotatable bonds is 5. The minimum atomic E-state index is -1.26. The van der Waals surface area contributed by atoms with Gasteiger partial charge >= 0.3 is 63.3 Å². The zero-order chi connectivity index (χ0) is 13.2. The number of nitrogens with zero attached hydrogens (tertiary/aromatic N) is 1. The molecular formula is C11H23KNO4+. The molecule has 0 aliphatic heterocycles. The number of hydrogen-bond acceptors (Lipinski definition) is 2. The van der Waals surface area contributed by atoms with Gasteiger partial charge in [-0.25, -0.2) is 9.59 Å². The molecule has 0 aliphatic rings. The van der Waals surface area contributed by atoms with Crippen LogP contribution in [0.5, 0.6) is 0 Å². The van der Waals surface area contributed by atoms with Crippen LogP contribution < -0.4 is 0 Å². The Morgan fingerprint density at radius 3 is 1.24 bits per heavy atom. The first kappa shape index (κ1) is 22.5. The Morgan fingerprint density at radius 2 is 1.18 bits per heavy atom. The van der Waals surface area contributed by atoms with Crippen LogP contribution in [0.4, 0.5) is 0 Å². The Morgan fingerprint density at radius 1 is 0.941 bits per heavy atom. The summed E-state index contributed by atoms with van der Waals surface area (Å²) in [7, 11) is 2.29. The van der Waals surface area contributed by atoms with E-state index in [1.54, 1.807) is 0 Å². The topological polar surface area (TPSA) is 74.6 Å². The van der Waals surface area contributed by atoms with E-state index in [-0.39, 0.29) is 51.4 Å². The van der Waals surface area contributed by atoms with Crippen molar-refractivity contribution in [3.8, 4) is 0 Å². The van der Waals surface area contributed by atoms with Gasteiger partial charge in [0.05, 0.1) is 26.7 Å². The van der Waals surface area contributed by atoms with Crippen molar-refractivity contribution < 1.29 is 24.3 Å². The van der Waals surface area contributed by atoms with E-state index in [1.165, 1.54) is 24.1 Å². The molecule has 0 heterocycles. The molecule has 0 saturated heterocycles. The Bertz CT molecular complexity index is 226. The second kappa shape index (κ2) is 12.7. The van der Waals surface area contributed by atoms with Crippen molar-refractivity contribution in [1.82, 2.24) is 0 Å². The molecule has 0 radical (unpaired) electrons. The number of carboxylic acid groups (broad SMARTS) is 2. The SMILES string of the molecule is CC[N+](C)(CC)CC.O=C(O)/C=C\C(=O)O.[KH]. The van der Waals surface area contributed by atoms with Crippen molar-refractivity contribution in [1.29, 1.82) is 0 Å². The molecule has 0 bridgehead atoms. The summed E-state index contributed by atoms with van der Waals surface area (Å²) < 4.78 is 1.21. The van der Waals surface area contributed by atoms with Crippen LogP contribution in [0.25, 0.3) is 0 Å². The van der Waals surface area contributed by atoms with E-state index in [0.717, 1.165) is 0 Å². The van der Waals surface area contributed by atoms with Crippen LogP contribution in [-0.2, 0) is 9.59 Å². The Balaban J connectivity index is -0.000000218. The molecule has 0 spiro atoms. The van der Waals surface area contributed by atoms with Gasteiger partial charge in [-0.15, -0.1) is 0 Å². The molecule has 0 saturated carbocycles. The van der Waals surface area contributed by atoms with Crippen LogP contribution in [-0.4, -0.2) is 105 Å². The molecule has 5 nitrogen and oxygen atoms in total. The molecule has 2 N–H and O–H groups in total. The molecule has 96 valence electrons. The van der Waals surface area contributed by atoms with E-state index in [0.29, 0.717) is 12.2 Å². The molecule has 6 heteroatoms. The summed E-state index contributed by atoms with van der Waals surface area (Å²) in [6.45, 7) is 10.5. The summed E-state index contributed by atoms with van der Waals surface area (Å²) in [5.74, 6) is -2.51. The summed E-state index contributed by atoms with van der Waals surface area (Å²) in [6.07, 6.45) is 1.12. The van der Waals surface area contributed by atoms with Crippen LogP contribution in [0, 0.1) is 0 Å². The van der Waals surface area contributed by atoms with Gasteiger partial charge in [-0.05, 0) is 20.8 Å². The minimum absolute atomic E-state index is 0. The van der Waals surface area contributed by atoms with Gasteiger partial charge < -0.3 is 14.7 Å². The number of aliphatic carboxylic acids is 2. The third kappa shape index (κ3) is 16.3. The van der Waals surface area contributed by atoms with Gasteiger partial charge in [0.2, 0.25) is 0 Å². The molecule has 0 aromatic heterocycles. The molecule has 17 heavy (non-hydrogen) atoms. The van der Waals surface area contributed by atoms with Gasteiger partial charge in [-0.2, -0.15) is 0 Å². The van der Waals surface area contributed by atoms with Crippen molar-refractivity contribution in [2.45, 2.75) is 20.8 Å². The fraction of sp³-hybridized carbons (Fsp3) is 0.636. The van der Waals surface area contributed by atoms with Crippen molar-refractivity contribution >= 4 is 63.3 Å². The first-order chi connectivity index (χ1) is 7.31. The second-order valence-electron chi connectivity index (χ2n) is 3.58. The van der Waals surface area contributed by atoms with E-state index in [2.05, 4.69) is 27.8 Å². The standard InChI is InChI=1S/C7H18N.C4H4O4.K.H/c1-5-8(4,6-2)7-3;5-3(6)1-2-4(7)8;;/h5-7H2,1-4H3;1-2H,(H,5,6)(H,7,8);;/q+1;;;/b;2-1-;;. The molecule has 0 unspecified atom stereocenters. The number of carboxylic acids is 2. The zero-order valence-electron chi connectivity index (χ0n) is 10.4. The Hall–Kier alpha value is 0.276. The van der Waals surface area contributed by atoms with Crippen molar-refractivity contribution in [3.05, 3.63) is 12.2 Å². The van der Waals surface area contributed by atoms with Gasteiger partial charge in [0.1, 0.15) is 0 Å². The van der Waals surface area contributed by atoms with Crippen molar-refractivity contribution in [2.24, 2.45) is 0 Å². The predicted octanol–water partition coefficient (Wildman–Crippen LogP) is 0.556. The van der Waals surface area contributed by atoms with Crippen molar-refractivity contribution in [2.75, 3.05) is 26.7 Å². The molecule has 0 fully saturated rings. The van der Waals surface area contributed by atoms with E-state index < -0.39 is 11.9 Å². The van der Waals surface area contributed by atoms with Crippen molar-refractivity contribution in [3.63, 3.8) is 0 Å². The predicted molar refractivity (Wildman–Crippen MR) is 69.4 cm³/mol. The van der Waals surface area contributed by atoms with E-state index in [1.807, 2.05) is 0 Å². The first-order valence-electron chi connectivity index (χ1n) is 5.28. The number of hydrogen-bond donors (Lipinski definition) is 2. The third-order valence-electron chi connectivity index (χ3n) is 2.66. The van der Waals surface area contributed by atoms with Gasteiger partial charge in [0.15, 0.2) is 0 Å². The van der Waals surface area contributed by atoms with Gasteiger partial charge in [-0.3, -0.25) is 0 Å². The average Bonchev–Trinajstić information content (AvgIpc) is 2.26. The van der Waals surface area contributed by atoms with E-state index in [9.17, 15) is 9.59 Å². The van der Waals surface area contributed by atoms with Crippen LogP contribution in [0.2, 0.25) is 0 Å². The van der Waals surface area contributed by atoms with Gasteiger partial charge in [0, 0.05) is 12.2 Å². The number of quaternary nitrogens is 1. The van der Waals surface area contributed by atoms with Crippen LogP contribution >= 0.6 is 0 Å². The Labute approximate surface area is 146 Å². The normalized spacial score (nSPS) is 10.1. The maximum absolute atomic E-state index is 9.55. The van der Waals surface area contributed by atoms with Crippen LogP contribution in [0.15, 0.2) is 12.2 Å². The third-order valence-corrected chi connectivity index (χ3v) is 2.66. The molecule has 0 amide bonds. The fourth-order valence-electron chi connectivity index (χ4n) is 0.813. The van der Waals surface area contributed by atoms with Crippen LogP contribution in [0.1, 0.15) is 20.8 Å². The van der Waals surface area contributed by atoms with Crippen LogP contribution in [0.3, 0.4) is 0 Å². The summed E-state index contributed by atoms with van der Waals surface area (Å²) in [4.78, 5) is 19.1.